The number of nitrogens with zero attached hydrogens (tertiary/aromatic N) is 2. The molecule has 24 heavy (non-hydrogen) atoms. The number of sulfone groups is 1. The molecule has 10 heteroatoms. The van der Waals surface area contributed by atoms with E-state index in [0.29, 0.717) is 14.5 Å². The van der Waals surface area contributed by atoms with Gasteiger partial charge in [-0.15, -0.1) is 0 Å². The molecule has 0 saturated carbocycles. The van der Waals surface area contributed by atoms with E-state index >= 15 is 0 Å². The topological polar surface area (TPSA) is 104 Å². The number of benzene rings is 1. The lowest BCUT2D eigenvalue weighted by Gasteiger charge is -2.11. The molecule has 0 aliphatic carbocycles. The molecule has 7 nitrogen and oxygen atoms in total. The summed E-state index contributed by atoms with van der Waals surface area (Å²) in [6, 6.07) is 6.94. The summed E-state index contributed by atoms with van der Waals surface area (Å²) < 4.78 is 25.7. The number of hydrogen-bond donors (Lipinski definition) is 2. The van der Waals surface area contributed by atoms with E-state index in [-0.39, 0.29) is 23.8 Å². The summed E-state index contributed by atoms with van der Waals surface area (Å²) in [6.45, 7) is 1.99. The van der Waals surface area contributed by atoms with Gasteiger partial charge in [0.25, 0.3) is 0 Å². The van der Waals surface area contributed by atoms with Gasteiger partial charge in [0.1, 0.15) is 21.7 Å². The summed E-state index contributed by atoms with van der Waals surface area (Å²) in [5.41, 5.74) is 4.07. The first kappa shape index (κ1) is 16.9. The van der Waals surface area contributed by atoms with Gasteiger partial charge >= 0.3 is 0 Å². The van der Waals surface area contributed by atoms with E-state index in [4.69, 9.17) is 12.2 Å². The molecule has 0 saturated heterocycles. The average molecular weight is 382 g/mol. The fourth-order valence-corrected chi connectivity index (χ4v) is 5.22. The van der Waals surface area contributed by atoms with Crippen molar-refractivity contribution in [2.45, 2.75) is 17.9 Å². The molecular weight excluding hydrogens is 368 g/mol. The second kappa shape index (κ2) is 6.54. The molecule has 0 bridgehead atoms. The van der Waals surface area contributed by atoms with Gasteiger partial charge in [-0.3, -0.25) is 9.89 Å². The van der Waals surface area contributed by atoms with E-state index in [1.807, 2.05) is 6.92 Å². The first-order chi connectivity index (χ1) is 11.4. The van der Waals surface area contributed by atoms with Gasteiger partial charge in [0, 0.05) is 5.56 Å². The Balaban J connectivity index is 1.85. The highest BCUT2D eigenvalue weighted by atomic mass is 32.2. The van der Waals surface area contributed by atoms with Gasteiger partial charge in [-0.05, 0) is 19.1 Å². The number of ketones is 1. The van der Waals surface area contributed by atoms with Crippen molar-refractivity contribution in [2.24, 2.45) is 5.10 Å². The number of aromatic nitrogens is 2. The fourth-order valence-electron chi connectivity index (χ4n) is 2.32. The molecule has 126 valence electrons. The molecule has 1 aromatic carbocycles. The summed E-state index contributed by atoms with van der Waals surface area (Å²) in [4.78, 5) is 12.6. The molecule has 2 aromatic rings. The molecule has 0 fully saturated rings. The van der Waals surface area contributed by atoms with Gasteiger partial charge in [-0.25, -0.2) is 8.42 Å². The van der Waals surface area contributed by atoms with Crippen LogP contribution in [0.4, 0.5) is 0 Å². The minimum Gasteiger partial charge on any atom is -0.308 e. The number of aromatic amines is 1. The standard InChI is InChI=1S/C14H14N4O3S3/c1-8-2-4-9(5-3-8)13(19)12-10(6-15-17-12)24(20,21)7-11-16-18-14(22)23-11/h2-5,10,15H,6-7H2,1H3,(H,18,22). The maximum Gasteiger partial charge on any atom is 0.210 e. The second-order valence-electron chi connectivity index (χ2n) is 5.36. The number of Topliss-reactive ketones (excluding diaryl/α,β-unsaturated/α-hetero) is 1. The van der Waals surface area contributed by atoms with Crippen molar-refractivity contribution in [1.82, 2.24) is 15.6 Å². The zero-order valence-electron chi connectivity index (χ0n) is 12.6. The van der Waals surface area contributed by atoms with E-state index in [1.165, 1.54) is 0 Å². The first-order valence-corrected chi connectivity index (χ1v) is 9.98. The van der Waals surface area contributed by atoms with Crippen molar-refractivity contribution < 1.29 is 13.2 Å². The summed E-state index contributed by atoms with van der Waals surface area (Å²) >= 11 is 6.02. The minimum absolute atomic E-state index is 0.0120. The zero-order valence-corrected chi connectivity index (χ0v) is 15.1. The van der Waals surface area contributed by atoms with Crippen LogP contribution >= 0.6 is 23.6 Å². The maximum atomic E-state index is 12.7. The molecule has 1 aliphatic rings. The highest BCUT2D eigenvalue weighted by Gasteiger charge is 2.38. The predicted molar refractivity (Wildman–Crippen MR) is 94.7 cm³/mol. The Hall–Kier alpha value is -1.91. The van der Waals surface area contributed by atoms with Crippen LogP contribution in [0.15, 0.2) is 29.4 Å². The van der Waals surface area contributed by atoms with E-state index in [9.17, 15) is 13.2 Å². The molecule has 0 amide bonds. The number of nitrogens with one attached hydrogen (secondary N) is 2. The van der Waals surface area contributed by atoms with E-state index in [1.54, 1.807) is 24.3 Å². The summed E-state index contributed by atoms with van der Waals surface area (Å²) in [6.07, 6.45) is 0. The van der Waals surface area contributed by atoms with Gasteiger partial charge in [0.05, 0.1) is 6.54 Å². The summed E-state index contributed by atoms with van der Waals surface area (Å²) in [5, 5.41) is 9.72. The number of hydrazone groups is 1. The van der Waals surface area contributed by atoms with Crippen molar-refractivity contribution in [1.29, 1.82) is 0 Å². The third-order valence-electron chi connectivity index (χ3n) is 3.57. The van der Waals surface area contributed by atoms with Crippen molar-refractivity contribution >= 4 is 44.9 Å². The lowest BCUT2D eigenvalue weighted by atomic mass is 10.0. The van der Waals surface area contributed by atoms with Crippen molar-refractivity contribution in [3.63, 3.8) is 0 Å². The van der Waals surface area contributed by atoms with Gasteiger partial charge in [0.15, 0.2) is 13.8 Å². The molecule has 1 aliphatic heterocycles. The number of carbonyl (C=O) groups excluding carboxylic acids is 1. The normalized spacial score (nSPS) is 17.4. The molecule has 1 unspecified atom stereocenters. The Kier molecular flexibility index (Phi) is 4.61. The van der Waals surface area contributed by atoms with E-state index in [2.05, 4.69) is 20.7 Å². The van der Waals surface area contributed by atoms with Crippen LogP contribution in [0, 0.1) is 10.9 Å². The van der Waals surface area contributed by atoms with Crippen LogP contribution in [0.2, 0.25) is 0 Å². The Morgan fingerprint density at radius 3 is 2.71 bits per heavy atom. The predicted octanol–water partition coefficient (Wildman–Crippen LogP) is 1.63. The smallest absolute Gasteiger partial charge is 0.210 e. The number of hydrogen-bond acceptors (Lipinski definition) is 8. The fraction of sp³-hybridized carbons (Fsp3) is 0.286. The van der Waals surface area contributed by atoms with E-state index < -0.39 is 15.1 Å². The SMILES string of the molecule is Cc1ccc(C(=O)C2=NNCC2S(=O)(=O)Cc2n[nH]c(=S)s2)cc1. The summed E-state index contributed by atoms with van der Waals surface area (Å²) in [7, 11) is -3.64. The lowest BCUT2D eigenvalue weighted by Crippen LogP contribution is -2.36. The van der Waals surface area contributed by atoms with Crippen LogP contribution in [0.3, 0.4) is 0 Å². The quantitative estimate of drug-likeness (QED) is 0.602. The Morgan fingerprint density at radius 2 is 2.08 bits per heavy atom. The zero-order chi connectivity index (χ0) is 17.3. The Bertz CT molecular complexity index is 958. The number of carbonyl (C=O) groups is 1. The molecule has 3 rings (SSSR count). The number of H-pyrrole nitrogens is 1. The Morgan fingerprint density at radius 1 is 1.38 bits per heavy atom. The van der Waals surface area contributed by atoms with Crippen LogP contribution in [0.25, 0.3) is 0 Å². The molecule has 1 aromatic heterocycles. The minimum atomic E-state index is -3.64. The molecule has 0 radical (unpaired) electrons. The lowest BCUT2D eigenvalue weighted by molar-refractivity contribution is 0.106. The highest BCUT2D eigenvalue weighted by molar-refractivity contribution is 7.92. The first-order valence-electron chi connectivity index (χ1n) is 7.04. The molecule has 2 heterocycles. The van der Waals surface area contributed by atoms with Crippen molar-refractivity contribution in [3.8, 4) is 0 Å². The third-order valence-corrected chi connectivity index (χ3v) is 6.77. The monoisotopic (exact) mass is 382 g/mol. The van der Waals surface area contributed by atoms with E-state index in [0.717, 1.165) is 16.9 Å². The third kappa shape index (κ3) is 3.45. The summed E-state index contributed by atoms with van der Waals surface area (Å²) in [5.74, 6) is -0.666. The Labute approximate surface area is 147 Å². The number of aryl methyl sites for hydroxylation is 1. The van der Waals surface area contributed by atoms with Gasteiger partial charge in [-0.1, -0.05) is 41.2 Å². The molecule has 1 atom stereocenters. The molecular formula is C14H14N4O3S3. The van der Waals surface area contributed by atoms with Crippen LogP contribution in [0.1, 0.15) is 20.9 Å². The van der Waals surface area contributed by atoms with Crippen LogP contribution < -0.4 is 5.43 Å². The van der Waals surface area contributed by atoms with Crippen LogP contribution in [-0.4, -0.2) is 41.9 Å². The van der Waals surface area contributed by atoms with Gasteiger partial charge < -0.3 is 5.43 Å². The van der Waals surface area contributed by atoms with Crippen molar-refractivity contribution in [2.75, 3.05) is 6.54 Å². The van der Waals surface area contributed by atoms with Crippen molar-refractivity contribution in [3.05, 3.63) is 44.4 Å². The molecule has 2 N–H and O–H groups in total. The maximum absolute atomic E-state index is 12.7. The van der Waals surface area contributed by atoms with Gasteiger partial charge in [-0.2, -0.15) is 10.2 Å². The largest absolute Gasteiger partial charge is 0.308 e. The van der Waals surface area contributed by atoms with Crippen LogP contribution in [0.5, 0.6) is 0 Å². The average Bonchev–Trinajstić information content (AvgIpc) is 3.16. The number of rotatable bonds is 5. The van der Waals surface area contributed by atoms with Crippen LogP contribution in [-0.2, 0) is 15.6 Å². The second-order valence-corrected chi connectivity index (χ2v) is 9.29. The highest BCUT2D eigenvalue weighted by Crippen LogP contribution is 2.19. The molecule has 0 spiro atoms. The van der Waals surface area contributed by atoms with Gasteiger partial charge in [0.2, 0.25) is 5.78 Å².